The number of esters is 1. The van der Waals surface area contributed by atoms with Gasteiger partial charge in [0.05, 0.1) is 0 Å². The molecule has 0 saturated carbocycles. The molecule has 1 unspecified atom stereocenters. The van der Waals surface area contributed by atoms with E-state index in [9.17, 15) is 4.79 Å². The molecule has 0 saturated heterocycles. The molecule has 2 aromatic rings. The van der Waals surface area contributed by atoms with Crippen molar-refractivity contribution in [1.82, 2.24) is 4.90 Å². The van der Waals surface area contributed by atoms with E-state index in [-0.39, 0.29) is 25.0 Å². The second-order valence-corrected chi connectivity index (χ2v) is 6.22. The zero-order chi connectivity index (χ0) is 17.7. The van der Waals surface area contributed by atoms with E-state index in [1.807, 2.05) is 54.6 Å². The largest absolute Gasteiger partial charge is 0.491 e. The van der Waals surface area contributed by atoms with Gasteiger partial charge in [0.15, 0.2) is 5.41 Å². The first-order chi connectivity index (χ1) is 12.2. The van der Waals surface area contributed by atoms with E-state index in [4.69, 9.17) is 9.47 Å². The minimum atomic E-state index is -0.888. The van der Waals surface area contributed by atoms with Crippen LogP contribution in [0.3, 0.4) is 0 Å². The number of fused-ring (bicyclic) bond motifs is 1. The standard InChI is InChI=1S/C21H25NO3.ClH/c1-3-22(4-2)14-15-24-20(23)21(17-10-6-5-7-11-17)16-25-19-13-9-8-12-18(19)21;/h5-13H,3-4,14-16H2,1-2H3;1H. The first-order valence-corrected chi connectivity index (χ1v) is 8.89. The summed E-state index contributed by atoms with van der Waals surface area (Å²) < 4.78 is 11.6. The van der Waals surface area contributed by atoms with Crippen LogP contribution in [0.5, 0.6) is 5.75 Å². The highest BCUT2D eigenvalue weighted by Crippen LogP contribution is 2.44. The average Bonchev–Trinajstić information content (AvgIpc) is 3.06. The molecule has 140 valence electrons. The number of ether oxygens (including phenoxy) is 2. The van der Waals surface area contributed by atoms with E-state index in [0.717, 1.165) is 36.5 Å². The van der Waals surface area contributed by atoms with Crippen molar-refractivity contribution in [2.75, 3.05) is 32.8 Å². The first kappa shape index (κ1) is 20.3. The molecule has 2 aromatic carbocycles. The van der Waals surface area contributed by atoms with Crippen LogP contribution in [0.1, 0.15) is 25.0 Å². The van der Waals surface area contributed by atoms with Crippen LogP contribution in [0.4, 0.5) is 0 Å². The monoisotopic (exact) mass is 375 g/mol. The zero-order valence-electron chi connectivity index (χ0n) is 15.3. The lowest BCUT2D eigenvalue weighted by molar-refractivity contribution is -0.149. The Morgan fingerprint density at radius 3 is 2.42 bits per heavy atom. The molecule has 1 heterocycles. The third-order valence-corrected chi connectivity index (χ3v) is 4.94. The Morgan fingerprint density at radius 1 is 1.08 bits per heavy atom. The van der Waals surface area contributed by atoms with Crippen LogP contribution in [0.25, 0.3) is 0 Å². The molecule has 0 aromatic heterocycles. The van der Waals surface area contributed by atoms with Gasteiger partial charge in [0.2, 0.25) is 0 Å². The van der Waals surface area contributed by atoms with E-state index in [2.05, 4.69) is 18.7 Å². The van der Waals surface area contributed by atoms with Gasteiger partial charge in [-0.05, 0) is 24.7 Å². The average molecular weight is 376 g/mol. The number of halogens is 1. The highest BCUT2D eigenvalue weighted by molar-refractivity contribution is 5.90. The minimum absolute atomic E-state index is 0. The van der Waals surface area contributed by atoms with Gasteiger partial charge in [-0.3, -0.25) is 4.79 Å². The Kier molecular flexibility index (Phi) is 7.06. The summed E-state index contributed by atoms with van der Waals surface area (Å²) in [5.41, 5.74) is 0.906. The molecular weight excluding hydrogens is 350 g/mol. The third kappa shape index (κ3) is 3.71. The molecule has 0 fully saturated rings. The van der Waals surface area contributed by atoms with Crippen molar-refractivity contribution in [3.05, 3.63) is 65.7 Å². The maximum atomic E-state index is 13.2. The summed E-state index contributed by atoms with van der Waals surface area (Å²) in [7, 11) is 0. The summed E-state index contributed by atoms with van der Waals surface area (Å²) in [5, 5.41) is 0. The van der Waals surface area contributed by atoms with E-state index >= 15 is 0 Å². The molecule has 0 aliphatic carbocycles. The second-order valence-electron chi connectivity index (χ2n) is 6.22. The number of carbonyl (C=O) groups excluding carboxylic acids is 1. The van der Waals surface area contributed by atoms with Crippen LogP contribution in [-0.4, -0.2) is 43.7 Å². The Labute approximate surface area is 161 Å². The van der Waals surface area contributed by atoms with E-state index < -0.39 is 5.41 Å². The molecule has 1 atom stereocenters. The molecule has 3 rings (SSSR count). The number of para-hydroxylation sites is 1. The van der Waals surface area contributed by atoms with Crippen LogP contribution >= 0.6 is 12.4 Å². The van der Waals surface area contributed by atoms with Crippen LogP contribution in [0.15, 0.2) is 54.6 Å². The Morgan fingerprint density at radius 2 is 1.73 bits per heavy atom. The van der Waals surface area contributed by atoms with Crippen molar-refractivity contribution in [3.8, 4) is 5.75 Å². The van der Waals surface area contributed by atoms with Gasteiger partial charge in [-0.15, -0.1) is 12.4 Å². The summed E-state index contributed by atoms with van der Waals surface area (Å²) in [6, 6.07) is 17.5. The maximum Gasteiger partial charge on any atom is 0.324 e. The Balaban J connectivity index is 0.00000243. The first-order valence-electron chi connectivity index (χ1n) is 8.89. The van der Waals surface area contributed by atoms with Crippen molar-refractivity contribution in [2.24, 2.45) is 0 Å². The number of nitrogens with zero attached hydrogens (tertiary/aromatic N) is 1. The molecule has 0 spiro atoms. The lowest BCUT2D eigenvalue weighted by Gasteiger charge is -2.27. The lowest BCUT2D eigenvalue weighted by Crippen LogP contribution is -2.41. The van der Waals surface area contributed by atoms with Gasteiger partial charge in [0.1, 0.15) is 19.0 Å². The maximum absolute atomic E-state index is 13.2. The zero-order valence-corrected chi connectivity index (χ0v) is 16.1. The Hall–Kier alpha value is -2.04. The molecule has 1 aliphatic rings. The smallest absolute Gasteiger partial charge is 0.324 e. The van der Waals surface area contributed by atoms with E-state index in [0.29, 0.717) is 6.61 Å². The molecule has 0 amide bonds. The fraction of sp³-hybridized carbons (Fsp3) is 0.381. The summed E-state index contributed by atoms with van der Waals surface area (Å²) in [5.74, 6) is 0.517. The van der Waals surface area contributed by atoms with Gasteiger partial charge >= 0.3 is 5.97 Å². The van der Waals surface area contributed by atoms with E-state index in [1.54, 1.807) is 0 Å². The highest BCUT2D eigenvalue weighted by atomic mass is 35.5. The quantitative estimate of drug-likeness (QED) is 0.692. The Bertz CT molecular complexity index is 718. The number of hydrogen-bond donors (Lipinski definition) is 0. The third-order valence-electron chi connectivity index (χ3n) is 4.94. The molecule has 1 aliphatic heterocycles. The van der Waals surface area contributed by atoms with Crippen molar-refractivity contribution in [1.29, 1.82) is 0 Å². The molecule has 0 N–H and O–H groups in total. The summed E-state index contributed by atoms with van der Waals surface area (Å²) in [4.78, 5) is 15.4. The fourth-order valence-electron chi connectivity index (χ4n) is 3.39. The number of benzene rings is 2. The number of rotatable bonds is 7. The highest BCUT2D eigenvalue weighted by Gasteiger charge is 2.50. The van der Waals surface area contributed by atoms with Crippen LogP contribution in [0.2, 0.25) is 0 Å². The molecule has 26 heavy (non-hydrogen) atoms. The van der Waals surface area contributed by atoms with Gasteiger partial charge in [0.25, 0.3) is 0 Å². The van der Waals surface area contributed by atoms with Crippen molar-refractivity contribution >= 4 is 18.4 Å². The second kappa shape index (κ2) is 9.06. The van der Waals surface area contributed by atoms with Gasteiger partial charge in [-0.1, -0.05) is 62.4 Å². The molecule has 5 heteroatoms. The predicted octanol–water partition coefficient (Wildman–Crippen LogP) is 3.67. The topological polar surface area (TPSA) is 38.8 Å². The summed E-state index contributed by atoms with van der Waals surface area (Å²) in [6.45, 7) is 7.52. The van der Waals surface area contributed by atoms with E-state index in [1.165, 1.54) is 0 Å². The SMILES string of the molecule is CCN(CC)CCOC(=O)C1(c2ccccc2)COc2ccccc21.Cl. The van der Waals surface area contributed by atoms with Crippen molar-refractivity contribution in [2.45, 2.75) is 19.3 Å². The molecule has 0 bridgehead atoms. The van der Waals surface area contributed by atoms with Crippen molar-refractivity contribution in [3.63, 3.8) is 0 Å². The predicted molar refractivity (Wildman–Crippen MR) is 105 cm³/mol. The van der Waals surface area contributed by atoms with Gasteiger partial charge < -0.3 is 14.4 Å². The summed E-state index contributed by atoms with van der Waals surface area (Å²) >= 11 is 0. The minimum Gasteiger partial charge on any atom is -0.491 e. The van der Waals surface area contributed by atoms with Crippen LogP contribution < -0.4 is 4.74 Å². The van der Waals surface area contributed by atoms with Crippen molar-refractivity contribution < 1.29 is 14.3 Å². The molecule has 4 nitrogen and oxygen atoms in total. The number of carbonyl (C=O) groups is 1. The number of likely N-dealkylation sites (N-methyl/N-ethyl adjacent to an activating group) is 1. The number of hydrogen-bond acceptors (Lipinski definition) is 4. The fourth-order valence-corrected chi connectivity index (χ4v) is 3.39. The van der Waals surface area contributed by atoms with Gasteiger partial charge in [-0.25, -0.2) is 0 Å². The van der Waals surface area contributed by atoms with Gasteiger partial charge in [-0.2, -0.15) is 0 Å². The lowest BCUT2D eigenvalue weighted by atomic mass is 9.76. The molecule has 0 radical (unpaired) electrons. The van der Waals surface area contributed by atoms with Crippen LogP contribution in [0, 0.1) is 0 Å². The van der Waals surface area contributed by atoms with Crippen LogP contribution in [-0.2, 0) is 14.9 Å². The normalized spacial score (nSPS) is 18.0. The summed E-state index contributed by atoms with van der Waals surface area (Å²) in [6.07, 6.45) is 0. The molecular formula is C21H26ClNO3. The van der Waals surface area contributed by atoms with Gasteiger partial charge in [0, 0.05) is 12.1 Å².